The fourth-order valence-corrected chi connectivity index (χ4v) is 2.72. The molecule has 0 saturated carbocycles. The zero-order chi connectivity index (χ0) is 13.7. The lowest BCUT2D eigenvalue weighted by Gasteiger charge is -2.28. The number of hydrogen-bond acceptors (Lipinski definition) is 3. The highest BCUT2D eigenvalue weighted by Gasteiger charge is 2.24. The third-order valence-corrected chi connectivity index (χ3v) is 3.72. The third-order valence-electron chi connectivity index (χ3n) is 3.72. The molecule has 1 unspecified atom stereocenters. The number of ether oxygens (including phenoxy) is 1. The second-order valence-electron chi connectivity index (χ2n) is 4.92. The number of hydrazine groups is 1. The van der Waals surface area contributed by atoms with Crippen molar-refractivity contribution in [2.24, 2.45) is 11.8 Å². The van der Waals surface area contributed by atoms with Gasteiger partial charge in [0, 0.05) is 5.56 Å². The first-order valence-electron chi connectivity index (χ1n) is 6.70. The summed E-state index contributed by atoms with van der Waals surface area (Å²) in [5.74, 6) is 7.23. The summed E-state index contributed by atoms with van der Waals surface area (Å²) in [7, 11) is 1.72. The van der Waals surface area contributed by atoms with Gasteiger partial charge in [-0.15, -0.1) is 0 Å². The van der Waals surface area contributed by atoms with E-state index in [0.717, 1.165) is 18.6 Å². The molecular weight excluding hydrogens is 224 g/mol. The van der Waals surface area contributed by atoms with Crippen LogP contribution in [-0.2, 0) is 0 Å². The third kappa shape index (κ3) is 3.03. The zero-order valence-electron chi connectivity index (χ0n) is 12.2. The summed E-state index contributed by atoms with van der Waals surface area (Å²) in [5.41, 5.74) is 6.62. The number of methoxy groups -OCH3 is 1. The highest BCUT2D eigenvalue weighted by molar-refractivity contribution is 5.45. The molecule has 0 heterocycles. The molecule has 0 aliphatic heterocycles. The van der Waals surface area contributed by atoms with Crippen LogP contribution in [0, 0.1) is 19.8 Å². The molecule has 18 heavy (non-hydrogen) atoms. The van der Waals surface area contributed by atoms with E-state index in [1.54, 1.807) is 7.11 Å². The van der Waals surface area contributed by atoms with Gasteiger partial charge < -0.3 is 4.74 Å². The van der Waals surface area contributed by atoms with Gasteiger partial charge in [0.05, 0.1) is 13.2 Å². The van der Waals surface area contributed by atoms with Crippen molar-refractivity contribution < 1.29 is 4.74 Å². The molecule has 1 aromatic carbocycles. The van der Waals surface area contributed by atoms with Crippen LogP contribution >= 0.6 is 0 Å². The van der Waals surface area contributed by atoms with Gasteiger partial charge in [-0.2, -0.15) is 0 Å². The fourth-order valence-electron chi connectivity index (χ4n) is 2.72. The van der Waals surface area contributed by atoms with E-state index in [2.05, 4.69) is 45.3 Å². The van der Waals surface area contributed by atoms with Gasteiger partial charge in [0.15, 0.2) is 0 Å². The van der Waals surface area contributed by atoms with Gasteiger partial charge in [-0.3, -0.25) is 11.3 Å². The SMILES string of the molecule is CCC(CC)C(NN)c1c(C)cc(C)cc1OC. The molecule has 0 aliphatic rings. The van der Waals surface area contributed by atoms with Gasteiger partial charge in [0.1, 0.15) is 5.75 Å². The van der Waals surface area contributed by atoms with Crippen molar-refractivity contribution in [1.29, 1.82) is 0 Å². The molecule has 0 aromatic heterocycles. The lowest BCUT2D eigenvalue weighted by atomic mass is 9.86. The van der Waals surface area contributed by atoms with Gasteiger partial charge in [-0.05, 0) is 37.0 Å². The second kappa shape index (κ2) is 6.76. The van der Waals surface area contributed by atoms with Crippen LogP contribution in [0.5, 0.6) is 5.75 Å². The van der Waals surface area contributed by atoms with Crippen molar-refractivity contribution in [3.8, 4) is 5.75 Å². The molecule has 0 spiro atoms. The number of hydrogen-bond donors (Lipinski definition) is 2. The van der Waals surface area contributed by atoms with Crippen LogP contribution in [0.3, 0.4) is 0 Å². The van der Waals surface area contributed by atoms with Crippen LogP contribution in [0.1, 0.15) is 49.4 Å². The molecule has 0 bridgehead atoms. The van der Waals surface area contributed by atoms with Gasteiger partial charge in [0.2, 0.25) is 0 Å². The molecule has 0 aliphatic carbocycles. The largest absolute Gasteiger partial charge is 0.496 e. The molecule has 3 heteroatoms. The molecular formula is C15H26N2O. The highest BCUT2D eigenvalue weighted by atomic mass is 16.5. The molecule has 3 N–H and O–H groups in total. The van der Waals surface area contributed by atoms with E-state index in [-0.39, 0.29) is 6.04 Å². The van der Waals surface area contributed by atoms with E-state index in [0.29, 0.717) is 5.92 Å². The van der Waals surface area contributed by atoms with Gasteiger partial charge in [0.25, 0.3) is 0 Å². The van der Waals surface area contributed by atoms with Crippen LogP contribution in [0.4, 0.5) is 0 Å². The van der Waals surface area contributed by atoms with Crippen molar-refractivity contribution in [3.05, 3.63) is 28.8 Å². The standard InChI is InChI=1S/C15H26N2O/c1-6-12(7-2)15(17-16)14-11(4)8-10(3)9-13(14)18-5/h8-9,12,15,17H,6-7,16H2,1-5H3. The van der Waals surface area contributed by atoms with E-state index in [9.17, 15) is 0 Å². The molecule has 1 aromatic rings. The monoisotopic (exact) mass is 250 g/mol. The van der Waals surface area contributed by atoms with E-state index in [1.807, 2.05) is 0 Å². The van der Waals surface area contributed by atoms with E-state index in [4.69, 9.17) is 10.6 Å². The number of benzene rings is 1. The van der Waals surface area contributed by atoms with Crippen LogP contribution in [-0.4, -0.2) is 7.11 Å². The Morgan fingerprint density at radius 3 is 2.28 bits per heavy atom. The predicted molar refractivity (Wildman–Crippen MR) is 76.6 cm³/mol. The van der Waals surface area contributed by atoms with Crippen molar-refractivity contribution in [3.63, 3.8) is 0 Å². The lowest BCUT2D eigenvalue weighted by Crippen LogP contribution is -2.34. The maximum absolute atomic E-state index is 5.78. The summed E-state index contributed by atoms with van der Waals surface area (Å²) in [6.07, 6.45) is 2.20. The Morgan fingerprint density at radius 2 is 1.83 bits per heavy atom. The predicted octanol–water partition coefficient (Wildman–Crippen LogP) is 3.25. The van der Waals surface area contributed by atoms with Crippen LogP contribution < -0.4 is 16.0 Å². The first kappa shape index (κ1) is 15.0. The molecule has 0 saturated heterocycles. The normalized spacial score (nSPS) is 12.8. The second-order valence-corrected chi connectivity index (χ2v) is 4.92. The zero-order valence-corrected chi connectivity index (χ0v) is 12.2. The Morgan fingerprint density at radius 1 is 1.22 bits per heavy atom. The molecule has 1 rings (SSSR count). The van der Waals surface area contributed by atoms with Gasteiger partial charge in [-0.1, -0.05) is 32.8 Å². The molecule has 0 amide bonds. The summed E-state index contributed by atoms with van der Waals surface area (Å²) in [6.45, 7) is 8.61. The van der Waals surface area contributed by atoms with Crippen molar-refractivity contribution in [2.45, 2.75) is 46.6 Å². The lowest BCUT2D eigenvalue weighted by molar-refractivity contribution is 0.327. The summed E-state index contributed by atoms with van der Waals surface area (Å²) in [5, 5.41) is 0. The first-order chi connectivity index (χ1) is 8.58. The molecule has 1 atom stereocenters. The molecule has 0 radical (unpaired) electrons. The maximum atomic E-state index is 5.78. The quantitative estimate of drug-likeness (QED) is 0.602. The van der Waals surface area contributed by atoms with Gasteiger partial charge >= 0.3 is 0 Å². The van der Waals surface area contributed by atoms with E-state index >= 15 is 0 Å². The Bertz CT molecular complexity index is 386. The summed E-state index contributed by atoms with van der Waals surface area (Å²) in [6, 6.07) is 4.41. The van der Waals surface area contributed by atoms with Crippen LogP contribution in [0.2, 0.25) is 0 Å². The Hall–Kier alpha value is -1.06. The Labute approximate surface area is 111 Å². The smallest absolute Gasteiger partial charge is 0.124 e. The molecule has 3 nitrogen and oxygen atoms in total. The summed E-state index contributed by atoms with van der Waals surface area (Å²) >= 11 is 0. The maximum Gasteiger partial charge on any atom is 0.124 e. The number of rotatable bonds is 6. The minimum Gasteiger partial charge on any atom is -0.496 e. The highest BCUT2D eigenvalue weighted by Crippen LogP contribution is 2.35. The first-order valence-corrected chi connectivity index (χ1v) is 6.70. The van der Waals surface area contributed by atoms with Crippen LogP contribution in [0.25, 0.3) is 0 Å². The summed E-state index contributed by atoms with van der Waals surface area (Å²) in [4.78, 5) is 0. The number of aryl methyl sites for hydroxylation is 2. The molecule has 102 valence electrons. The average molecular weight is 250 g/mol. The number of nitrogens with two attached hydrogens (primary N) is 1. The number of nitrogens with one attached hydrogen (secondary N) is 1. The van der Waals surface area contributed by atoms with Crippen molar-refractivity contribution in [1.82, 2.24) is 5.43 Å². The van der Waals surface area contributed by atoms with Crippen molar-refractivity contribution >= 4 is 0 Å². The van der Waals surface area contributed by atoms with Crippen LogP contribution in [0.15, 0.2) is 12.1 Å². The Balaban J connectivity index is 3.27. The average Bonchev–Trinajstić information content (AvgIpc) is 2.36. The van der Waals surface area contributed by atoms with Crippen molar-refractivity contribution in [2.75, 3.05) is 7.11 Å². The minimum absolute atomic E-state index is 0.149. The van der Waals surface area contributed by atoms with Gasteiger partial charge in [-0.25, -0.2) is 0 Å². The minimum atomic E-state index is 0.149. The fraction of sp³-hybridized carbons (Fsp3) is 0.600. The van der Waals surface area contributed by atoms with E-state index < -0.39 is 0 Å². The van der Waals surface area contributed by atoms with E-state index in [1.165, 1.54) is 16.7 Å². The molecule has 0 fully saturated rings. The summed E-state index contributed by atoms with van der Waals surface area (Å²) < 4.78 is 5.53. The Kier molecular flexibility index (Phi) is 5.63. The topological polar surface area (TPSA) is 47.3 Å².